The lowest BCUT2D eigenvalue weighted by molar-refractivity contribution is -0.00000724. The average molecular weight is 399 g/mol. The summed E-state index contributed by atoms with van der Waals surface area (Å²) in [6, 6.07) is 18.2. The fourth-order valence-corrected chi connectivity index (χ4v) is 2.53. The molecule has 144 valence electrons. The van der Waals surface area contributed by atoms with Gasteiger partial charge in [-0.3, -0.25) is 0 Å². The van der Waals surface area contributed by atoms with E-state index in [2.05, 4.69) is 4.98 Å². The van der Waals surface area contributed by atoms with Gasteiger partial charge in [-0.15, -0.1) is 0 Å². The van der Waals surface area contributed by atoms with Crippen LogP contribution in [0.5, 0.6) is 34.5 Å². The number of ether oxygens (including phenoxy) is 4. The summed E-state index contributed by atoms with van der Waals surface area (Å²) in [5.74, 6) is 3.30. The molecule has 0 unspecified atom stereocenters. The van der Waals surface area contributed by atoms with Gasteiger partial charge >= 0.3 is 5.69 Å². The number of benzene rings is 3. The summed E-state index contributed by atoms with van der Waals surface area (Å²) in [5.41, 5.74) is 1.38. The summed E-state index contributed by atoms with van der Waals surface area (Å²) < 4.78 is 22.2. The molecule has 0 spiro atoms. The molecular formula is C21H19ClN2O4. The van der Waals surface area contributed by atoms with Gasteiger partial charge in [0.2, 0.25) is 11.1 Å². The summed E-state index contributed by atoms with van der Waals surface area (Å²) >= 11 is 0. The Morgan fingerprint density at radius 2 is 1.36 bits per heavy atom. The van der Waals surface area contributed by atoms with Crippen LogP contribution in [0.3, 0.4) is 0 Å². The highest BCUT2D eigenvalue weighted by atomic mass is 35.5. The third-order valence-corrected chi connectivity index (χ3v) is 3.85. The second kappa shape index (κ2) is 9.49. The predicted octanol–water partition coefficient (Wildman–Crippen LogP) is 3.09. The molecule has 0 aromatic heterocycles. The zero-order chi connectivity index (χ0) is 19.2. The molecule has 0 atom stereocenters. The number of methoxy groups -OCH3 is 2. The highest BCUT2D eigenvalue weighted by molar-refractivity contribution is 5.65. The minimum absolute atomic E-state index is 0. The number of nitrogens with zero attached hydrogens (tertiary/aromatic N) is 2. The van der Waals surface area contributed by atoms with Gasteiger partial charge in [-0.25, -0.2) is 0 Å². The first-order valence-corrected chi connectivity index (χ1v) is 8.26. The van der Waals surface area contributed by atoms with Gasteiger partial charge in [-0.2, -0.15) is 0 Å². The van der Waals surface area contributed by atoms with E-state index in [0.29, 0.717) is 28.7 Å². The molecule has 3 aromatic rings. The van der Waals surface area contributed by atoms with Crippen LogP contribution in [0.15, 0.2) is 60.7 Å². The molecule has 0 N–H and O–H groups in total. The molecule has 0 aliphatic rings. The maximum atomic E-state index is 9.05. The standard InChI is InChI=1S/C21H19N2O4.ClH/c1-14-5-4-6-17(11-14)26-15-7-9-16(10-8-15)27-21-13-19(24-2)18(23-22)12-20(21)25-3;/h4-13H,1-3H3;1H/q+1;/p-1. The van der Waals surface area contributed by atoms with Gasteiger partial charge in [-0.05, 0) is 48.9 Å². The average Bonchev–Trinajstić information content (AvgIpc) is 2.69. The van der Waals surface area contributed by atoms with Gasteiger partial charge in [0, 0.05) is 6.07 Å². The topological polar surface area (TPSA) is 65.1 Å². The van der Waals surface area contributed by atoms with Crippen LogP contribution in [-0.4, -0.2) is 14.2 Å². The van der Waals surface area contributed by atoms with E-state index in [-0.39, 0.29) is 18.1 Å². The predicted molar refractivity (Wildman–Crippen MR) is 102 cm³/mol. The Kier molecular flexibility index (Phi) is 7.08. The maximum absolute atomic E-state index is 9.05. The van der Waals surface area contributed by atoms with E-state index in [4.69, 9.17) is 24.3 Å². The molecule has 0 amide bonds. The van der Waals surface area contributed by atoms with E-state index in [9.17, 15) is 0 Å². The normalized spacial score (nSPS) is 9.64. The Balaban J connectivity index is 0.00000280. The van der Waals surface area contributed by atoms with Gasteiger partial charge in [0.05, 0.1) is 20.3 Å². The first-order valence-electron chi connectivity index (χ1n) is 8.26. The lowest BCUT2D eigenvalue weighted by Gasteiger charge is -2.11. The fourth-order valence-electron chi connectivity index (χ4n) is 2.53. The van der Waals surface area contributed by atoms with Crippen LogP contribution in [0.4, 0.5) is 5.69 Å². The number of diazo groups is 1. The van der Waals surface area contributed by atoms with Crippen molar-refractivity contribution in [2.24, 2.45) is 0 Å². The van der Waals surface area contributed by atoms with Gasteiger partial charge in [-0.1, -0.05) is 12.1 Å². The van der Waals surface area contributed by atoms with E-state index in [0.717, 1.165) is 11.3 Å². The largest absolute Gasteiger partial charge is 1.00 e. The molecule has 6 nitrogen and oxygen atoms in total. The second-order valence-corrected chi connectivity index (χ2v) is 5.77. The monoisotopic (exact) mass is 398 g/mol. The molecule has 0 heterocycles. The van der Waals surface area contributed by atoms with Crippen molar-refractivity contribution in [2.75, 3.05) is 14.2 Å². The molecule has 0 saturated carbocycles. The summed E-state index contributed by atoms with van der Waals surface area (Å²) in [6.45, 7) is 2.01. The SMILES string of the molecule is COc1cc(Oc2ccc(Oc3cccc(C)c3)cc2)c(OC)cc1[N+]#N.[Cl-]. The fraction of sp³-hybridized carbons (Fsp3) is 0.143. The van der Waals surface area contributed by atoms with Crippen molar-refractivity contribution in [3.05, 3.63) is 71.2 Å². The third kappa shape index (κ3) is 4.84. The van der Waals surface area contributed by atoms with Crippen LogP contribution in [0.25, 0.3) is 4.98 Å². The lowest BCUT2D eigenvalue weighted by Crippen LogP contribution is -3.00. The molecule has 3 aromatic carbocycles. The maximum Gasteiger partial charge on any atom is 0.430 e. The minimum Gasteiger partial charge on any atom is -1.00 e. The number of hydrogen-bond acceptors (Lipinski definition) is 5. The number of aryl methyl sites for hydroxylation is 1. The number of hydrogen-bond donors (Lipinski definition) is 0. The Labute approximate surface area is 169 Å². The summed E-state index contributed by atoms with van der Waals surface area (Å²) in [5, 5.41) is 9.05. The van der Waals surface area contributed by atoms with Crippen molar-refractivity contribution in [3.8, 4) is 34.5 Å². The summed E-state index contributed by atoms with van der Waals surface area (Å²) in [6.07, 6.45) is 0. The Hall–Kier alpha value is -3.43. The van der Waals surface area contributed by atoms with Crippen LogP contribution >= 0.6 is 0 Å². The van der Waals surface area contributed by atoms with Crippen LogP contribution in [0, 0.1) is 12.3 Å². The van der Waals surface area contributed by atoms with Crippen molar-refractivity contribution in [1.29, 1.82) is 5.39 Å². The zero-order valence-corrected chi connectivity index (χ0v) is 16.4. The second-order valence-electron chi connectivity index (χ2n) is 5.77. The molecule has 3 rings (SSSR count). The number of rotatable bonds is 6. The number of halogens is 1. The molecule has 0 bridgehead atoms. The molecule has 28 heavy (non-hydrogen) atoms. The Bertz CT molecular complexity index is 985. The van der Waals surface area contributed by atoms with E-state index >= 15 is 0 Å². The van der Waals surface area contributed by atoms with Crippen LogP contribution in [0.1, 0.15) is 5.56 Å². The minimum atomic E-state index is 0. The molecule has 0 saturated heterocycles. The van der Waals surface area contributed by atoms with E-state index in [1.165, 1.54) is 20.3 Å². The zero-order valence-electron chi connectivity index (χ0n) is 15.7. The first-order chi connectivity index (χ1) is 13.1. The quantitative estimate of drug-likeness (QED) is 0.597. The van der Waals surface area contributed by atoms with Crippen LogP contribution < -0.4 is 31.4 Å². The summed E-state index contributed by atoms with van der Waals surface area (Å²) in [4.78, 5) is 3.18. The smallest absolute Gasteiger partial charge is 0.430 e. The van der Waals surface area contributed by atoms with Crippen molar-refractivity contribution >= 4 is 5.69 Å². The van der Waals surface area contributed by atoms with E-state index < -0.39 is 0 Å². The van der Waals surface area contributed by atoms with Crippen molar-refractivity contribution < 1.29 is 31.4 Å². The molecule has 0 radical (unpaired) electrons. The van der Waals surface area contributed by atoms with Crippen LogP contribution in [-0.2, 0) is 0 Å². The van der Waals surface area contributed by atoms with Gasteiger partial charge in [0.25, 0.3) is 0 Å². The first kappa shape index (κ1) is 20.9. The Morgan fingerprint density at radius 1 is 0.714 bits per heavy atom. The van der Waals surface area contributed by atoms with E-state index in [1.807, 2.05) is 43.3 Å². The highest BCUT2D eigenvalue weighted by Crippen LogP contribution is 2.41. The highest BCUT2D eigenvalue weighted by Gasteiger charge is 2.21. The molecule has 0 fully saturated rings. The van der Waals surface area contributed by atoms with Crippen molar-refractivity contribution in [3.63, 3.8) is 0 Å². The molecule has 0 aliphatic heterocycles. The van der Waals surface area contributed by atoms with Crippen molar-refractivity contribution in [2.45, 2.75) is 6.92 Å². The molecule has 7 heteroatoms. The van der Waals surface area contributed by atoms with Gasteiger partial charge in [0.1, 0.15) is 17.2 Å². The van der Waals surface area contributed by atoms with Crippen molar-refractivity contribution in [1.82, 2.24) is 0 Å². The lowest BCUT2D eigenvalue weighted by atomic mass is 10.2. The molecular weight excluding hydrogens is 380 g/mol. The van der Waals surface area contributed by atoms with Gasteiger partial charge < -0.3 is 31.4 Å². The third-order valence-electron chi connectivity index (χ3n) is 3.85. The Morgan fingerprint density at radius 3 is 1.93 bits per heavy atom. The summed E-state index contributed by atoms with van der Waals surface area (Å²) in [7, 11) is 2.99. The van der Waals surface area contributed by atoms with E-state index in [1.54, 1.807) is 18.2 Å². The van der Waals surface area contributed by atoms with Crippen LogP contribution in [0.2, 0.25) is 0 Å². The molecule has 0 aliphatic carbocycles. The van der Waals surface area contributed by atoms with Gasteiger partial charge in [0.15, 0.2) is 16.5 Å².